The van der Waals surface area contributed by atoms with Gasteiger partial charge >= 0.3 is 0 Å². The second kappa shape index (κ2) is 6.60. The number of aryl methyl sites for hydroxylation is 1. The van der Waals surface area contributed by atoms with Crippen LogP contribution in [0.15, 0.2) is 30.6 Å². The summed E-state index contributed by atoms with van der Waals surface area (Å²) in [7, 11) is 1.51. The van der Waals surface area contributed by atoms with Gasteiger partial charge in [0.15, 0.2) is 0 Å². The lowest BCUT2D eigenvalue weighted by Crippen LogP contribution is -2.31. The van der Waals surface area contributed by atoms with Gasteiger partial charge in [-0.15, -0.1) is 0 Å². The van der Waals surface area contributed by atoms with Gasteiger partial charge in [0.1, 0.15) is 17.5 Å². The second-order valence-electron chi connectivity index (χ2n) is 5.28. The van der Waals surface area contributed by atoms with E-state index in [4.69, 9.17) is 9.47 Å². The molecule has 1 aliphatic rings. The van der Waals surface area contributed by atoms with Crippen molar-refractivity contribution in [1.82, 2.24) is 19.9 Å². The molecule has 1 aliphatic heterocycles. The number of rotatable bonds is 4. The lowest BCUT2D eigenvalue weighted by Gasteiger charge is -2.18. The average molecular weight is 314 g/mol. The van der Waals surface area contributed by atoms with E-state index in [9.17, 15) is 4.79 Å². The van der Waals surface area contributed by atoms with Crippen molar-refractivity contribution >= 4 is 5.91 Å². The third-order valence-electron chi connectivity index (χ3n) is 3.67. The number of aromatic nitrogens is 3. The summed E-state index contributed by atoms with van der Waals surface area (Å²) in [5, 5.41) is 0. The van der Waals surface area contributed by atoms with E-state index in [1.165, 1.54) is 7.11 Å². The first-order valence-electron chi connectivity index (χ1n) is 7.42. The van der Waals surface area contributed by atoms with Crippen LogP contribution in [0, 0.1) is 6.92 Å². The third kappa shape index (κ3) is 3.39. The lowest BCUT2D eigenvalue weighted by atomic mass is 10.2. The Bertz CT molecular complexity index is 707. The highest BCUT2D eigenvalue weighted by Crippen LogP contribution is 2.21. The van der Waals surface area contributed by atoms with Gasteiger partial charge in [0.05, 0.1) is 13.7 Å². The van der Waals surface area contributed by atoms with Crippen LogP contribution in [0.3, 0.4) is 0 Å². The minimum absolute atomic E-state index is 0.0732. The summed E-state index contributed by atoms with van der Waals surface area (Å²) in [6.07, 6.45) is 3.95. The molecule has 7 heteroatoms. The van der Waals surface area contributed by atoms with E-state index in [1.54, 1.807) is 35.5 Å². The maximum Gasteiger partial charge on any atom is 0.259 e. The number of carbonyl (C=O) groups is 1. The molecule has 120 valence electrons. The molecule has 0 spiro atoms. The van der Waals surface area contributed by atoms with Gasteiger partial charge in [-0.25, -0.2) is 9.97 Å². The largest absolute Gasteiger partial charge is 0.480 e. The highest BCUT2D eigenvalue weighted by Gasteiger charge is 2.30. The van der Waals surface area contributed by atoms with Gasteiger partial charge in [0.2, 0.25) is 11.8 Å². The lowest BCUT2D eigenvalue weighted by molar-refractivity contribution is 0.0767. The predicted molar refractivity (Wildman–Crippen MR) is 82.5 cm³/mol. The number of methoxy groups -OCH3 is 1. The molecule has 0 radical (unpaired) electrons. The molecule has 0 unspecified atom stereocenters. The van der Waals surface area contributed by atoms with E-state index in [0.29, 0.717) is 36.2 Å². The standard InChI is InChI=1S/C16H18N4O3/c1-11-17-8-5-14(19-11)23-12-6-9-20(10-12)16(21)13-4-3-7-18-15(13)22-2/h3-5,7-8,12H,6,9-10H2,1-2H3/t12-/m0/s1. The monoisotopic (exact) mass is 314 g/mol. The number of ether oxygens (including phenoxy) is 2. The Kier molecular flexibility index (Phi) is 4.36. The summed E-state index contributed by atoms with van der Waals surface area (Å²) in [6, 6.07) is 5.17. The fraction of sp³-hybridized carbons (Fsp3) is 0.375. The van der Waals surface area contributed by atoms with Gasteiger partial charge in [-0.05, 0) is 19.1 Å². The number of hydrogen-bond donors (Lipinski definition) is 0. The van der Waals surface area contributed by atoms with Crippen molar-refractivity contribution in [2.45, 2.75) is 19.4 Å². The molecule has 2 aromatic heterocycles. The summed E-state index contributed by atoms with van der Waals surface area (Å²) in [5.74, 6) is 1.44. The molecule has 1 saturated heterocycles. The van der Waals surface area contributed by atoms with Crippen LogP contribution in [0.5, 0.6) is 11.8 Å². The minimum Gasteiger partial charge on any atom is -0.480 e. The molecule has 1 amide bonds. The minimum atomic E-state index is -0.0973. The molecule has 0 bridgehead atoms. The molecule has 3 heterocycles. The van der Waals surface area contributed by atoms with Crippen molar-refractivity contribution in [3.63, 3.8) is 0 Å². The van der Waals surface area contributed by atoms with Crippen LogP contribution in [0.1, 0.15) is 22.6 Å². The first kappa shape index (κ1) is 15.2. The Morgan fingerprint density at radius 2 is 2.17 bits per heavy atom. The third-order valence-corrected chi connectivity index (χ3v) is 3.67. The van der Waals surface area contributed by atoms with Crippen molar-refractivity contribution in [2.75, 3.05) is 20.2 Å². The van der Waals surface area contributed by atoms with Crippen molar-refractivity contribution < 1.29 is 14.3 Å². The maximum atomic E-state index is 12.6. The Labute approximate surface area is 134 Å². The zero-order valence-electron chi connectivity index (χ0n) is 13.1. The Morgan fingerprint density at radius 3 is 2.96 bits per heavy atom. The molecule has 7 nitrogen and oxygen atoms in total. The van der Waals surface area contributed by atoms with Crippen molar-refractivity contribution in [1.29, 1.82) is 0 Å². The number of nitrogens with zero attached hydrogens (tertiary/aromatic N) is 4. The number of pyridine rings is 1. The zero-order chi connectivity index (χ0) is 16.2. The quantitative estimate of drug-likeness (QED) is 0.851. The summed E-state index contributed by atoms with van der Waals surface area (Å²) in [6.45, 7) is 2.96. The van der Waals surface area contributed by atoms with Crippen LogP contribution < -0.4 is 9.47 Å². The van der Waals surface area contributed by atoms with E-state index >= 15 is 0 Å². The number of amides is 1. The summed E-state index contributed by atoms with van der Waals surface area (Å²) < 4.78 is 11.0. The summed E-state index contributed by atoms with van der Waals surface area (Å²) >= 11 is 0. The average Bonchev–Trinajstić information content (AvgIpc) is 3.02. The Morgan fingerprint density at radius 1 is 1.30 bits per heavy atom. The van der Waals surface area contributed by atoms with Crippen molar-refractivity contribution in [3.8, 4) is 11.8 Å². The summed E-state index contributed by atoms with van der Waals surface area (Å²) in [5.41, 5.74) is 0.466. The maximum absolute atomic E-state index is 12.6. The van der Waals surface area contributed by atoms with E-state index in [-0.39, 0.29) is 12.0 Å². The predicted octanol–water partition coefficient (Wildman–Crippen LogP) is 1.48. The SMILES string of the molecule is COc1ncccc1C(=O)N1CC[C@H](Oc2ccnc(C)n2)C1. The fourth-order valence-corrected chi connectivity index (χ4v) is 2.57. The molecular formula is C16H18N4O3. The molecular weight excluding hydrogens is 296 g/mol. The molecule has 1 fully saturated rings. The van der Waals surface area contributed by atoms with Crippen LogP contribution in [0.2, 0.25) is 0 Å². The van der Waals surface area contributed by atoms with Gasteiger partial charge in [-0.2, -0.15) is 4.98 Å². The smallest absolute Gasteiger partial charge is 0.259 e. The van der Waals surface area contributed by atoms with Crippen LogP contribution in [0.25, 0.3) is 0 Å². The van der Waals surface area contributed by atoms with Crippen molar-refractivity contribution in [2.24, 2.45) is 0 Å². The van der Waals surface area contributed by atoms with E-state index < -0.39 is 0 Å². The van der Waals surface area contributed by atoms with Gasteiger partial charge in [0, 0.05) is 31.4 Å². The van der Waals surface area contributed by atoms with Crippen LogP contribution in [-0.2, 0) is 0 Å². The van der Waals surface area contributed by atoms with Gasteiger partial charge < -0.3 is 14.4 Å². The normalized spacial score (nSPS) is 17.1. The fourth-order valence-electron chi connectivity index (χ4n) is 2.57. The molecule has 2 aromatic rings. The number of hydrogen-bond acceptors (Lipinski definition) is 6. The zero-order valence-corrected chi connectivity index (χ0v) is 13.1. The van der Waals surface area contributed by atoms with Crippen LogP contribution in [0.4, 0.5) is 0 Å². The van der Waals surface area contributed by atoms with E-state index in [2.05, 4.69) is 15.0 Å². The van der Waals surface area contributed by atoms with Gasteiger partial charge in [0.25, 0.3) is 5.91 Å². The first-order chi connectivity index (χ1) is 11.2. The topological polar surface area (TPSA) is 77.4 Å². The molecule has 23 heavy (non-hydrogen) atoms. The van der Waals surface area contributed by atoms with E-state index in [0.717, 1.165) is 6.42 Å². The Balaban J connectivity index is 1.66. The summed E-state index contributed by atoms with van der Waals surface area (Å²) in [4.78, 5) is 26.7. The van der Waals surface area contributed by atoms with Gasteiger partial charge in [-0.3, -0.25) is 4.79 Å². The van der Waals surface area contributed by atoms with Gasteiger partial charge in [-0.1, -0.05) is 0 Å². The number of carbonyl (C=O) groups excluding carboxylic acids is 1. The molecule has 3 rings (SSSR count). The molecule has 1 atom stereocenters. The highest BCUT2D eigenvalue weighted by atomic mass is 16.5. The Hall–Kier alpha value is -2.70. The van der Waals surface area contributed by atoms with Crippen LogP contribution >= 0.6 is 0 Å². The molecule has 0 N–H and O–H groups in total. The second-order valence-corrected chi connectivity index (χ2v) is 5.28. The van der Waals surface area contributed by atoms with Crippen LogP contribution in [-0.4, -0.2) is 52.1 Å². The molecule has 0 aromatic carbocycles. The molecule has 0 aliphatic carbocycles. The van der Waals surface area contributed by atoms with Crippen molar-refractivity contribution in [3.05, 3.63) is 42.0 Å². The van der Waals surface area contributed by atoms with E-state index in [1.807, 2.05) is 6.92 Å². The first-order valence-corrected chi connectivity index (χ1v) is 7.42. The molecule has 0 saturated carbocycles. The highest BCUT2D eigenvalue weighted by molar-refractivity contribution is 5.96. The number of likely N-dealkylation sites (tertiary alicyclic amines) is 1.